The summed E-state index contributed by atoms with van der Waals surface area (Å²) in [5.74, 6) is 9.02. The fourth-order valence-electron chi connectivity index (χ4n) is 5.07. The van der Waals surface area contributed by atoms with Gasteiger partial charge in [-0.25, -0.2) is 4.79 Å². The second kappa shape index (κ2) is 9.58. The van der Waals surface area contributed by atoms with Gasteiger partial charge in [-0.05, 0) is 94.5 Å². The molecule has 1 heterocycles. The Morgan fingerprint density at radius 3 is 2.50 bits per heavy atom. The van der Waals surface area contributed by atoms with Crippen LogP contribution in [0, 0.1) is 23.7 Å². The third kappa shape index (κ3) is 4.69. The van der Waals surface area contributed by atoms with E-state index in [9.17, 15) is 4.79 Å². The summed E-state index contributed by atoms with van der Waals surface area (Å²) in [6.45, 7) is 4.64. The summed E-state index contributed by atoms with van der Waals surface area (Å²) >= 11 is 0. The van der Waals surface area contributed by atoms with Crippen molar-refractivity contribution < 1.29 is 14.3 Å². The molecule has 1 unspecified atom stereocenters. The van der Waals surface area contributed by atoms with Crippen LogP contribution in [0.1, 0.15) is 70.4 Å². The number of aromatic nitrogens is 1. The van der Waals surface area contributed by atoms with E-state index in [1.165, 1.54) is 48.7 Å². The number of ether oxygens (including phenoxy) is 2. The Kier molecular flexibility index (Phi) is 6.13. The highest BCUT2D eigenvalue weighted by Crippen LogP contribution is 2.44. The molecule has 36 heavy (non-hydrogen) atoms. The van der Waals surface area contributed by atoms with E-state index in [1.54, 1.807) is 0 Å². The van der Waals surface area contributed by atoms with E-state index in [0.717, 1.165) is 35.4 Å². The van der Waals surface area contributed by atoms with Crippen LogP contribution in [0.5, 0.6) is 5.75 Å². The highest BCUT2D eigenvalue weighted by molar-refractivity contribution is 5.96. The van der Waals surface area contributed by atoms with Crippen LogP contribution in [0.25, 0.3) is 22.2 Å². The molecule has 5 nitrogen and oxygen atoms in total. The normalized spacial score (nSPS) is 18.2. The molecule has 1 amide bonds. The van der Waals surface area contributed by atoms with Crippen molar-refractivity contribution >= 4 is 22.7 Å². The van der Waals surface area contributed by atoms with Crippen LogP contribution in [0.4, 0.5) is 10.5 Å². The summed E-state index contributed by atoms with van der Waals surface area (Å²) in [4.78, 5) is 12.3. The second-order valence-corrected chi connectivity index (χ2v) is 10.5. The van der Waals surface area contributed by atoms with Gasteiger partial charge in [0.2, 0.25) is 0 Å². The standard InChI is InChI=1S/C31H34N2O3/c1-3-35-26-16-18-27-28(17-9-21-7-8-21)30(33(29(27)19-26)25-5-4-6-25)23-12-14-24(15-13-23)32-31(34)36-20(2)22-10-11-22/h12-16,18-22,25H,3-8,10-11H2,1-2H3,(H,32,34). The van der Waals surface area contributed by atoms with Crippen molar-refractivity contribution in [3.05, 3.63) is 48.0 Å². The van der Waals surface area contributed by atoms with Crippen molar-refractivity contribution in [2.45, 2.75) is 70.9 Å². The van der Waals surface area contributed by atoms with Gasteiger partial charge in [-0.15, -0.1) is 0 Å². The molecule has 3 aliphatic rings. The highest BCUT2D eigenvalue weighted by atomic mass is 16.6. The summed E-state index contributed by atoms with van der Waals surface area (Å²) in [5, 5.41) is 4.08. The first-order valence-corrected chi connectivity index (χ1v) is 13.5. The van der Waals surface area contributed by atoms with Crippen molar-refractivity contribution in [2.75, 3.05) is 11.9 Å². The summed E-state index contributed by atoms with van der Waals surface area (Å²) in [6.07, 6.45) is 7.89. The first-order chi connectivity index (χ1) is 17.6. The highest BCUT2D eigenvalue weighted by Gasteiger charge is 2.31. The Morgan fingerprint density at radius 2 is 1.86 bits per heavy atom. The number of nitrogens with one attached hydrogen (secondary N) is 1. The van der Waals surface area contributed by atoms with E-state index in [4.69, 9.17) is 9.47 Å². The van der Waals surface area contributed by atoms with Crippen molar-refractivity contribution in [3.63, 3.8) is 0 Å². The van der Waals surface area contributed by atoms with Crippen LogP contribution in [0.3, 0.4) is 0 Å². The van der Waals surface area contributed by atoms with Gasteiger partial charge in [-0.1, -0.05) is 24.0 Å². The zero-order valence-corrected chi connectivity index (χ0v) is 21.2. The lowest BCUT2D eigenvalue weighted by molar-refractivity contribution is 0.108. The molecule has 0 saturated heterocycles. The summed E-state index contributed by atoms with van der Waals surface area (Å²) < 4.78 is 13.9. The monoisotopic (exact) mass is 482 g/mol. The Labute approximate surface area is 213 Å². The number of carbonyl (C=O) groups is 1. The molecule has 0 bridgehead atoms. The molecule has 6 rings (SSSR count). The van der Waals surface area contributed by atoms with Gasteiger partial charge in [-0.3, -0.25) is 5.32 Å². The van der Waals surface area contributed by atoms with Crippen LogP contribution in [-0.4, -0.2) is 23.4 Å². The predicted octanol–water partition coefficient (Wildman–Crippen LogP) is 7.54. The summed E-state index contributed by atoms with van der Waals surface area (Å²) in [5.41, 5.74) is 5.32. The zero-order valence-electron chi connectivity index (χ0n) is 21.2. The largest absolute Gasteiger partial charge is 0.494 e. The van der Waals surface area contributed by atoms with Crippen LogP contribution >= 0.6 is 0 Å². The van der Waals surface area contributed by atoms with Gasteiger partial charge in [0.25, 0.3) is 0 Å². The summed E-state index contributed by atoms with van der Waals surface area (Å²) in [6, 6.07) is 15.0. The number of anilines is 1. The Bertz CT molecular complexity index is 1330. The van der Waals surface area contributed by atoms with Gasteiger partial charge in [-0.2, -0.15) is 0 Å². The lowest BCUT2D eigenvalue weighted by Crippen LogP contribution is -2.21. The molecule has 0 spiro atoms. The van der Waals surface area contributed by atoms with Crippen LogP contribution in [0.15, 0.2) is 42.5 Å². The van der Waals surface area contributed by atoms with Gasteiger partial charge in [0.1, 0.15) is 11.9 Å². The van der Waals surface area contributed by atoms with Crippen LogP contribution in [0.2, 0.25) is 0 Å². The minimum absolute atomic E-state index is 0.0309. The number of benzene rings is 2. The maximum atomic E-state index is 12.3. The third-order valence-corrected chi connectivity index (χ3v) is 7.69. The van der Waals surface area contributed by atoms with Crippen molar-refractivity contribution in [2.24, 2.45) is 11.8 Å². The van der Waals surface area contributed by atoms with Crippen molar-refractivity contribution in [1.82, 2.24) is 4.57 Å². The van der Waals surface area contributed by atoms with E-state index >= 15 is 0 Å². The number of fused-ring (bicyclic) bond motifs is 1. The Balaban J connectivity index is 1.37. The maximum Gasteiger partial charge on any atom is 0.411 e. The molecule has 5 heteroatoms. The molecule has 3 aromatic rings. The van der Waals surface area contributed by atoms with Crippen LogP contribution in [-0.2, 0) is 4.74 Å². The quantitative estimate of drug-likeness (QED) is 0.354. The van der Waals surface area contributed by atoms with E-state index in [1.807, 2.05) is 26.0 Å². The molecule has 1 N–H and O–H groups in total. The van der Waals surface area contributed by atoms with Crippen LogP contribution < -0.4 is 10.1 Å². The van der Waals surface area contributed by atoms with Gasteiger partial charge >= 0.3 is 6.09 Å². The number of carbonyl (C=O) groups excluding carboxylic acids is 1. The molecule has 3 aliphatic carbocycles. The average Bonchev–Trinajstić information content (AvgIpc) is 3.75. The Morgan fingerprint density at radius 1 is 1.08 bits per heavy atom. The molecular weight excluding hydrogens is 448 g/mol. The Hall–Kier alpha value is -3.39. The van der Waals surface area contributed by atoms with Gasteiger partial charge in [0.15, 0.2) is 0 Å². The fourth-order valence-corrected chi connectivity index (χ4v) is 5.07. The molecule has 3 fully saturated rings. The topological polar surface area (TPSA) is 52.5 Å². The van der Waals surface area contributed by atoms with E-state index in [-0.39, 0.29) is 12.2 Å². The number of hydrogen-bond acceptors (Lipinski definition) is 3. The van der Waals surface area contributed by atoms with E-state index in [2.05, 4.69) is 52.1 Å². The number of hydrogen-bond donors (Lipinski definition) is 1. The number of amides is 1. The fraction of sp³-hybridized carbons (Fsp3) is 0.452. The van der Waals surface area contributed by atoms with E-state index in [0.29, 0.717) is 24.5 Å². The summed E-state index contributed by atoms with van der Waals surface area (Å²) in [7, 11) is 0. The first-order valence-electron chi connectivity index (χ1n) is 13.5. The van der Waals surface area contributed by atoms with Gasteiger partial charge < -0.3 is 14.0 Å². The number of nitrogens with zero attached hydrogens (tertiary/aromatic N) is 1. The molecule has 1 atom stereocenters. The zero-order chi connectivity index (χ0) is 24.6. The molecule has 186 valence electrons. The molecule has 0 aliphatic heterocycles. The minimum atomic E-state index is -0.384. The third-order valence-electron chi connectivity index (χ3n) is 7.69. The SMILES string of the molecule is CCOc1ccc2c(C#CC3CC3)c(-c3ccc(NC(=O)OC(C)C4CC4)cc3)n(C3CCC3)c2c1. The van der Waals surface area contributed by atoms with Gasteiger partial charge in [0.05, 0.1) is 23.4 Å². The molecule has 2 aromatic carbocycles. The first kappa shape index (κ1) is 23.0. The number of rotatable bonds is 7. The van der Waals surface area contributed by atoms with Crippen molar-refractivity contribution in [1.29, 1.82) is 0 Å². The van der Waals surface area contributed by atoms with Gasteiger partial charge in [0, 0.05) is 29.1 Å². The average molecular weight is 483 g/mol. The van der Waals surface area contributed by atoms with Crippen molar-refractivity contribution in [3.8, 4) is 28.8 Å². The molecule has 1 aromatic heterocycles. The predicted molar refractivity (Wildman–Crippen MR) is 143 cm³/mol. The maximum absolute atomic E-state index is 12.3. The molecular formula is C31H34N2O3. The van der Waals surface area contributed by atoms with E-state index < -0.39 is 0 Å². The minimum Gasteiger partial charge on any atom is -0.494 e. The smallest absolute Gasteiger partial charge is 0.411 e. The lowest BCUT2D eigenvalue weighted by Gasteiger charge is -2.30. The lowest BCUT2D eigenvalue weighted by atomic mass is 9.92. The second-order valence-electron chi connectivity index (χ2n) is 10.5. The molecule has 0 radical (unpaired) electrons. The molecule has 3 saturated carbocycles.